The van der Waals surface area contributed by atoms with E-state index in [2.05, 4.69) is 74.9 Å². The summed E-state index contributed by atoms with van der Waals surface area (Å²) in [5.74, 6) is 0.577. The number of carbonyl (C=O) groups excluding carboxylic acids is 1. The minimum absolute atomic E-state index is 0.134. The summed E-state index contributed by atoms with van der Waals surface area (Å²) in [5.41, 5.74) is 3.73. The first kappa shape index (κ1) is 17.3. The van der Waals surface area contributed by atoms with E-state index in [1.54, 1.807) is 6.92 Å². The van der Waals surface area contributed by atoms with Crippen LogP contribution in [0.5, 0.6) is 0 Å². The lowest BCUT2D eigenvalue weighted by Crippen LogP contribution is -2.40. The number of benzene rings is 1. The average Bonchev–Trinajstić information content (AvgIpc) is 2.90. The Labute approximate surface area is 139 Å². The summed E-state index contributed by atoms with van der Waals surface area (Å²) in [6, 6.07) is 13.0. The normalized spacial score (nSPS) is 12.4. The zero-order valence-electron chi connectivity index (χ0n) is 14.9. The van der Waals surface area contributed by atoms with E-state index in [4.69, 9.17) is 0 Å². The molecule has 0 aliphatic heterocycles. The average molecular weight is 312 g/mol. The third-order valence-electron chi connectivity index (χ3n) is 4.55. The maximum Gasteiger partial charge on any atom is 0.220 e. The van der Waals surface area contributed by atoms with Gasteiger partial charge in [-0.15, -0.1) is 0 Å². The van der Waals surface area contributed by atoms with Gasteiger partial charge in [0.2, 0.25) is 5.91 Å². The van der Waals surface area contributed by atoms with Crippen LogP contribution in [0.25, 0.3) is 0 Å². The molecular weight excluding hydrogens is 284 g/mol. The van der Waals surface area contributed by atoms with Crippen LogP contribution in [0.4, 0.5) is 0 Å². The number of carbonyl (C=O) groups is 1. The molecule has 1 heterocycles. The van der Waals surface area contributed by atoms with Crippen molar-refractivity contribution in [3.63, 3.8) is 0 Å². The summed E-state index contributed by atoms with van der Waals surface area (Å²) in [6.45, 7) is 11.7. The topological polar surface area (TPSA) is 25.2 Å². The Kier molecular flexibility index (Phi) is 5.64. The monoisotopic (exact) mass is 312 g/mol. The van der Waals surface area contributed by atoms with Gasteiger partial charge in [0.1, 0.15) is 0 Å². The smallest absolute Gasteiger partial charge is 0.220 e. The van der Waals surface area contributed by atoms with Crippen LogP contribution in [0.15, 0.2) is 42.6 Å². The van der Waals surface area contributed by atoms with E-state index >= 15 is 0 Å². The molecule has 1 amide bonds. The molecule has 3 nitrogen and oxygen atoms in total. The van der Waals surface area contributed by atoms with Gasteiger partial charge >= 0.3 is 0 Å². The van der Waals surface area contributed by atoms with Crippen molar-refractivity contribution in [2.45, 2.75) is 53.8 Å². The summed E-state index contributed by atoms with van der Waals surface area (Å²) < 4.78 is 2.23. The van der Waals surface area contributed by atoms with Crippen molar-refractivity contribution in [1.29, 1.82) is 0 Å². The van der Waals surface area contributed by atoms with Crippen molar-refractivity contribution in [2.24, 2.45) is 5.92 Å². The molecule has 0 fully saturated rings. The molecule has 23 heavy (non-hydrogen) atoms. The highest BCUT2D eigenvalue weighted by atomic mass is 16.2. The lowest BCUT2D eigenvalue weighted by molar-refractivity contribution is -0.132. The van der Waals surface area contributed by atoms with Gasteiger partial charge < -0.3 is 9.47 Å². The number of rotatable bonds is 6. The minimum Gasteiger partial charge on any atom is -0.345 e. The Morgan fingerprint density at radius 3 is 2.52 bits per heavy atom. The Hall–Kier alpha value is -2.03. The molecular formula is C20H28N2O. The molecule has 0 aliphatic rings. The van der Waals surface area contributed by atoms with Crippen LogP contribution in [0, 0.1) is 12.8 Å². The van der Waals surface area contributed by atoms with E-state index in [1.165, 1.54) is 16.8 Å². The highest BCUT2D eigenvalue weighted by molar-refractivity contribution is 5.73. The predicted octanol–water partition coefficient (Wildman–Crippen LogP) is 4.24. The number of aromatic nitrogens is 1. The maximum absolute atomic E-state index is 12.0. The van der Waals surface area contributed by atoms with E-state index in [0.29, 0.717) is 12.5 Å². The predicted molar refractivity (Wildman–Crippen MR) is 95.2 cm³/mol. The second kappa shape index (κ2) is 7.49. The van der Waals surface area contributed by atoms with Crippen LogP contribution in [0.3, 0.4) is 0 Å². The minimum atomic E-state index is 0.134. The van der Waals surface area contributed by atoms with Gasteiger partial charge in [0.05, 0.1) is 6.54 Å². The van der Waals surface area contributed by atoms with E-state index in [-0.39, 0.29) is 11.9 Å². The van der Waals surface area contributed by atoms with Crippen LogP contribution in [0.2, 0.25) is 0 Å². The third-order valence-corrected chi connectivity index (χ3v) is 4.55. The van der Waals surface area contributed by atoms with E-state index in [1.807, 2.05) is 4.90 Å². The fourth-order valence-corrected chi connectivity index (χ4v) is 2.83. The lowest BCUT2D eigenvalue weighted by atomic mass is 10.0. The lowest BCUT2D eigenvalue weighted by Gasteiger charge is -2.31. The van der Waals surface area contributed by atoms with Crippen LogP contribution < -0.4 is 0 Å². The molecule has 1 atom stereocenters. The Morgan fingerprint density at radius 1 is 1.17 bits per heavy atom. The second-order valence-corrected chi connectivity index (χ2v) is 6.75. The number of hydrogen-bond acceptors (Lipinski definition) is 1. The van der Waals surface area contributed by atoms with E-state index in [9.17, 15) is 4.79 Å². The largest absolute Gasteiger partial charge is 0.345 e. The molecule has 0 bridgehead atoms. The zero-order chi connectivity index (χ0) is 17.0. The summed E-state index contributed by atoms with van der Waals surface area (Å²) in [7, 11) is 0. The highest BCUT2D eigenvalue weighted by Crippen LogP contribution is 2.17. The van der Waals surface area contributed by atoms with Gasteiger partial charge in [0.15, 0.2) is 0 Å². The first-order valence-corrected chi connectivity index (χ1v) is 8.35. The molecule has 3 heteroatoms. The maximum atomic E-state index is 12.0. The molecule has 2 aromatic rings. The SMILES string of the molecule is CC(=O)N(Cc1cccn1Cc1cccc(C)c1)[C@H](C)C(C)C. The number of hydrogen-bond donors (Lipinski definition) is 0. The molecule has 1 aromatic heterocycles. The second-order valence-electron chi connectivity index (χ2n) is 6.75. The van der Waals surface area contributed by atoms with Crippen molar-refractivity contribution in [1.82, 2.24) is 9.47 Å². The van der Waals surface area contributed by atoms with Gasteiger partial charge in [-0.3, -0.25) is 4.79 Å². The Morgan fingerprint density at radius 2 is 1.91 bits per heavy atom. The fraction of sp³-hybridized carbons (Fsp3) is 0.450. The summed E-state index contributed by atoms with van der Waals surface area (Å²) >= 11 is 0. The standard InChI is InChI=1S/C20H28N2O/c1-15(2)17(4)22(18(5)23)14-20-10-7-11-21(20)13-19-9-6-8-16(3)12-19/h6-12,15,17H,13-14H2,1-5H3/t17-/m1/s1. The molecule has 0 unspecified atom stereocenters. The zero-order valence-corrected chi connectivity index (χ0v) is 14.9. The number of amides is 1. The highest BCUT2D eigenvalue weighted by Gasteiger charge is 2.20. The quantitative estimate of drug-likeness (QED) is 0.783. The van der Waals surface area contributed by atoms with Crippen molar-refractivity contribution in [2.75, 3.05) is 0 Å². The molecule has 2 rings (SSSR count). The van der Waals surface area contributed by atoms with E-state index < -0.39 is 0 Å². The van der Waals surface area contributed by atoms with Gasteiger partial charge in [-0.2, -0.15) is 0 Å². The van der Waals surface area contributed by atoms with Crippen LogP contribution in [0.1, 0.15) is 44.5 Å². The van der Waals surface area contributed by atoms with Gasteiger partial charge in [0.25, 0.3) is 0 Å². The van der Waals surface area contributed by atoms with Crippen molar-refractivity contribution in [3.05, 3.63) is 59.4 Å². The Balaban J connectivity index is 2.18. The molecule has 0 N–H and O–H groups in total. The molecule has 0 saturated carbocycles. The van der Waals surface area contributed by atoms with Crippen LogP contribution in [-0.4, -0.2) is 21.4 Å². The Bertz CT molecular complexity index is 657. The molecule has 0 radical (unpaired) electrons. The van der Waals surface area contributed by atoms with E-state index in [0.717, 1.165) is 6.54 Å². The van der Waals surface area contributed by atoms with Crippen molar-refractivity contribution >= 4 is 5.91 Å². The molecule has 0 saturated heterocycles. The van der Waals surface area contributed by atoms with Gasteiger partial charge in [-0.1, -0.05) is 43.7 Å². The van der Waals surface area contributed by atoms with Gasteiger partial charge in [-0.05, 0) is 37.5 Å². The van der Waals surface area contributed by atoms with Gasteiger partial charge in [-0.25, -0.2) is 0 Å². The third kappa shape index (κ3) is 4.47. The summed E-state index contributed by atoms with van der Waals surface area (Å²) in [4.78, 5) is 14.0. The van der Waals surface area contributed by atoms with Crippen molar-refractivity contribution in [3.8, 4) is 0 Å². The number of nitrogens with zero attached hydrogens (tertiary/aromatic N) is 2. The molecule has 124 valence electrons. The first-order valence-electron chi connectivity index (χ1n) is 8.35. The van der Waals surface area contributed by atoms with Crippen LogP contribution >= 0.6 is 0 Å². The molecule has 0 aliphatic carbocycles. The number of aryl methyl sites for hydroxylation is 1. The first-order chi connectivity index (χ1) is 10.9. The summed E-state index contributed by atoms with van der Waals surface area (Å²) in [5, 5.41) is 0. The molecule has 1 aromatic carbocycles. The fourth-order valence-electron chi connectivity index (χ4n) is 2.83. The van der Waals surface area contributed by atoms with Gasteiger partial charge in [0, 0.05) is 31.4 Å². The summed E-state index contributed by atoms with van der Waals surface area (Å²) in [6.07, 6.45) is 2.09. The van der Waals surface area contributed by atoms with Crippen molar-refractivity contribution < 1.29 is 4.79 Å². The molecule has 0 spiro atoms. The van der Waals surface area contributed by atoms with Crippen LogP contribution in [-0.2, 0) is 17.9 Å².